The molecule has 0 N–H and O–H groups in total. The largest absolute Gasteiger partial charge is 0.484 e. The lowest BCUT2D eigenvalue weighted by Gasteiger charge is -2.07. The Bertz CT molecular complexity index is 522. The Morgan fingerprint density at radius 2 is 2.16 bits per heavy atom. The molecule has 1 aromatic rings. The van der Waals surface area contributed by atoms with Crippen LogP contribution < -0.4 is 4.74 Å². The van der Waals surface area contributed by atoms with Crippen molar-refractivity contribution in [1.29, 1.82) is 5.26 Å². The number of hydrogen-bond donors (Lipinski definition) is 0. The van der Waals surface area contributed by atoms with Gasteiger partial charge >= 0.3 is 5.97 Å². The van der Waals surface area contributed by atoms with E-state index in [1.165, 1.54) is 0 Å². The number of ketones is 1. The van der Waals surface area contributed by atoms with Crippen molar-refractivity contribution in [3.63, 3.8) is 0 Å². The van der Waals surface area contributed by atoms with Gasteiger partial charge in [-0.2, -0.15) is 5.26 Å². The molecule has 0 saturated heterocycles. The van der Waals surface area contributed by atoms with Gasteiger partial charge in [0.05, 0.1) is 12.2 Å². The molecule has 6 heteroatoms. The number of carbonyl (C=O) groups excluding carboxylic acids is 2. The molecule has 0 atom stereocenters. The fraction of sp³-hybridized carbons (Fsp3) is 0.308. The number of rotatable bonds is 6. The Kier molecular flexibility index (Phi) is 6.03. The highest BCUT2D eigenvalue weighted by Crippen LogP contribution is 2.22. The van der Waals surface area contributed by atoms with Crippen LogP contribution in [0.15, 0.2) is 22.7 Å². The molecule has 0 aromatic heterocycles. The van der Waals surface area contributed by atoms with Crippen molar-refractivity contribution >= 4 is 27.7 Å². The van der Waals surface area contributed by atoms with Gasteiger partial charge < -0.3 is 9.47 Å². The van der Waals surface area contributed by atoms with Gasteiger partial charge in [0.15, 0.2) is 5.78 Å². The molecule has 0 aliphatic carbocycles. The molecular weight excluding hydrogens is 314 g/mol. The first-order valence-electron chi connectivity index (χ1n) is 5.56. The predicted octanol–water partition coefficient (Wildman–Crippen LogP) is 2.22. The van der Waals surface area contributed by atoms with Crippen molar-refractivity contribution in [2.45, 2.75) is 13.3 Å². The van der Waals surface area contributed by atoms with Crippen LogP contribution in [0.4, 0.5) is 0 Å². The molecule has 1 rings (SSSR count). The van der Waals surface area contributed by atoms with Crippen LogP contribution >= 0.6 is 15.9 Å². The fourth-order valence-electron chi connectivity index (χ4n) is 1.30. The van der Waals surface area contributed by atoms with Gasteiger partial charge in [-0.3, -0.25) is 9.59 Å². The van der Waals surface area contributed by atoms with E-state index < -0.39 is 11.8 Å². The van der Waals surface area contributed by atoms with E-state index in [-0.39, 0.29) is 19.6 Å². The Labute approximate surface area is 119 Å². The first kappa shape index (κ1) is 15.2. The molecule has 100 valence electrons. The average molecular weight is 326 g/mol. The number of nitrogens with zero attached hydrogens (tertiary/aromatic N) is 1. The first-order valence-corrected chi connectivity index (χ1v) is 6.36. The molecular formula is C13H12BrNO4. The summed E-state index contributed by atoms with van der Waals surface area (Å²) in [5.74, 6) is -0.666. The van der Waals surface area contributed by atoms with Crippen LogP contribution in [0.25, 0.3) is 0 Å². The molecule has 0 aliphatic heterocycles. The normalized spacial score (nSPS) is 9.53. The number of benzene rings is 1. The second-order valence-corrected chi connectivity index (χ2v) is 4.48. The SMILES string of the molecule is CCOC(=O)CC(=O)COc1ccc(Br)cc1C#N. The maximum Gasteiger partial charge on any atom is 0.313 e. The average Bonchev–Trinajstić information content (AvgIpc) is 2.37. The molecule has 0 spiro atoms. The zero-order valence-electron chi connectivity index (χ0n) is 10.3. The van der Waals surface area contributed by atoms with Crippen LogP contribution in [0.2, 0.25) is 0 Å². The van der Waals surface area contributed by atoms with E-state index in [2.05, 4.69) is 20.7 Å². The van der Waals surface area contributed by atoms with Crippen LogP contribution in [0, 0.1) is 11.3 Å². The van der Waals surface area contributed by atoms with E-state index in [1.807, 2.05) is 6.07 Å². The molecule has 0 fully saturated rings. The fourth-order valence-corrected chi connectivity index (χ4v) is 1.66. The van der Waals surface area contributed by atoms with Gasteiger partial charge in [-0.15, -0.1) is 0 Å². The molecule has 0 unspecified atom stereocenters. The summed E-state index contributed by atoms with van der Waals surface area (Å²) in [6.07, 6.45) is -0.327. The number of Topliss-reactive ketones (excluding diaryl/α,β-unsaturated/α-hetero) is 1. The van der Waals surface area contributed by atoms with E-state index in [9.17, 15) is 9.59 Å². The Morgan fingerprint density at radius 1 is 1.42 bits per heavy atom. The van der Waals surface area contributed by atoms with E-state index in [0.29, 0.717) is 11.3 Å². The minimum Gasteiger partial charge on any atom is -0.484 e. The van der Waals surface area contributed by atoms with Crippen molar-refractivity contribution < 1.29 is 19.1 Å². The van der Waals surface area contributed by atoms with Crippen molar-refractivity contribution in [1.82, 2.24) is 0 Å². The molecule has 0 radical (unpaired) electrons. The summed E-state index contributed by atoms with van der Waals surface area (Å²) in [6, 6.07) is 6.84. The molecule has 0 heterocycles. The number of carbonyl (C=O) groups is 2. The third-order valence-electron chi connectivity index (χ3n) is 2.10. The zero-order chi connectivity index (χ0) is 14.3. The van der Waals surface area contributed by atoms with Gasteiger partial charge in [0.25, 0.3) is 0 Å². The monoisotopic (exact) mass is 325 g/mol. The second-order valence-electron chi connectivity index (χ2n) is 3.56. The number of halogens is 1. The van der Waals surface area contributed by atoms with E-state index in [1.54, 1.807) is 25.1 Å². The maximum absolute atomic E-state index is 11.5. The summed E-state index contributed by atoms with van der Waals surface area (Å²) < 4.78 is 10.6. The van der Waals surface area contributed by atoms with E-state index >= 15 is 0 Å². The summed E-state index contributed by atoms with van der Waals surface area (Å²) in [5.41, 5.74) is 0.318. The van der Waals surface area contributed by atoms with Crippen molar-refractivity contribution in [2.24, 2.45) is 0 Å². The van der Waals surface area contributed by atoms with Gasteiger partial charge in [-0.1, -0.05) is 15.9 Å². The minimum atomic E-state index is -0.576. The maximum atomic E-state index is 11.5. The third kappa shape index (κ3) is 5.10. The Hall–Kier alpha value is -1.87. The van der Waals surface area contributed by atoms with Crippen molar-refractivity contribution in [3.05, 3.63) is 28.2 Å². The van der Waals surface area contributed by atoms with Crippen LogP contribution in [-0.4, -0.2) is 25.0 Å². The summed E-state index contributed by atoms with van der Waals surface area (Å²) in [4.78, 5) is 22.5. The first-order chi connectivity index (χ1) is 9.06. The molecule has 0 aliphatic rings. The van der Waals surface area contributed by atoms with Crippen molar-refractivity contribution in [3.8, 4) is 11.8 Å². The quantitative estimate of drug-likeness (QED) is 0.592. The van der Waals surface area contributed by atoms with E-state index in [0.717, 1.165) is 4.47 Å². The van der Waals surface area contributed by atoms with Gasteiger partial charge in [-0.05, 0) is 25.1 Å². The van der Waals surface area contributed by atoms with Crippen LogP contribution in [0.3, 0.4) is 0 Å². The summed E-state index contributed by atoms with van der Waals surface area (Å²) in [6.45, 7) is 1.63. The number of nitriles is 1. The van der Waals surface area contributed by atoms with Crippen LogP contribution in [0.5, 0.6) is 5.75 Å². The van der Waals surface area contributed by atoms with Gasteiger partial charge in [0, 0.05) is 4.47 Å². The topological polar surface area (TPSA) is 76.4 Å². The van der Waals surface area contributed by atoms with Gasteiger partial charge in [-0.25, -0.2) is 0 Å². The predicted molar refractivity (Wildman–Crippen MR) is 70.6 cm³/mol. The summed E-state index contributed by atoms with van der Waals surface area (Å²) >= 11 is 3.23. The second kappa shape index (κ2) is 7.54. The van der Waals surface area contributed by atoms with Crippen molar-refractivity contribution in [2.75, 3.05) is 13.2 Å². The Balaban J connectivity index is 2.55. The molecule has 0 saturated carbocycles. The highest BCUT2D eigenvalue weighted by Gasteiger charge is 2.12. The lowest BCUT2D eigenvalue weighted by atomic mass is 10.2. The molecule has 0 bridgehead atoms. The number of esters is 1. The van der Waals surface area contributed by atoms with Gasteiger partial charge in [0.2, 0.25) is 0 Å². The number of ether oxygens (including phenoxy) is 2. The summed E-state index contributed by atoms with van der Waals surface area (Å²) in [7, 11) is 0. The van der Waals surface area contributed by atoms with Crippen LogP contribution in [0.1, 0.15) is 18.9 Å². The molecule has 5 nitrogen and oxygen atoms in total. The van der Waals surface area contributed by atoms with E-state index in [4.69, 9.17) is 10.00 Å². The highest BCUT2D eigenvalue weighted by atomic mass is 79.9. The highest BCUT2D eigenvalue weighted by molar-refractivity contribution is 9.10. The summed E-state index contributed by atoms with van der Waals surface area (Å²) in [5, 5.41) is 8.91. The minimum absolute atomic E-state index is 0.234. The molecule has 19 heavy (non-hydrogen) atoms. The molecule has 0 amide bonds. The van der Waals surface area contributed by atoms with Gasteiger partial charge in [0.1, 0.15) is 24.8 Å². The molecule has 1 aromatic carbocycles. The lowest BCUT2D eigenvalue weighted by molar-refractivity contribution is -0.145. The zero-order valence-corrected chi connectivity index (χ0v) is 11.9. The lowest BCUT2D eigenvalue weighted by Crippen LogP contribution is -2.17. The smallest absolute Gasteiger partial charge is 0.313 e. The van der Waals surface area contributed by atoms with Crippen LogP contribution in [-0.2, 0) is 14.3 Å². The number of hydrogen-bond acceptors (Lipinski definition) is 5. The third-order valence-corrected chi connectivity index (χ3v) is 2.59. The Morgan fingerprint density at radius 3 is 2.79 bits per heavy atom. The standard InChI is InChI=1S/C13H12BrNO4/c1-2-18-13(17)6-11(16)8-19-12-4-3-10(14)5-9(12)7-15/h3-5H,2,6,8H2,1H3.